The van der Waals surface area contributed by atoms with Crippen LogP contribution in [0.3, 0.4) is 0 Å². The molecule has 0 radical (unpaired) electrons. The number of carbonyl (C=O) groups excluding carboxylic acids is 1. The van der Waals surface area contributed by atoms with Crippen molar-refractivity contribution in [2.75, 3.05) is 19.5 Å². The first-order valence-corrected chi connectivity index (χ1v) is 10.4. The molecule has 1 heterocycles. The minimum absolute atomic E-state index is 0.170. The largest absolute Gasteiger partial charge is 0.493 e. The first-order valence-electron chi connectivity index (χ1n) is 9.51. The molecule has 0 saturated heterocycles. The minimum Gasteiger partial charge on any atom is -0.493 e. The Labute approximate surface area is 180 Å². The summed E-state index contributed by atoms with van der Waals surface area (Å²) in [5, 5.41) is 14.9. The lowest BCUT2D eigenvalue weighted by atomic mass is 10.0. The van der Waals surface area contributed by atoms with E-state index in [9.17, 15) is 4.79 Å². The van der Waals surface area contributed by atoms with E-state index < -0.39 is 5.25 Å². The third-order valence-electron chi connectivity index (χ3n) is 4.55. The van der Waals surface area contributed by atoms with Gasteiger partial charge in [0.15, 0.2) is 11.5 Å². The van der Waals surface area contributed by atoms with Crippen LogP contribution in [0.5, 0.6) is 11.5 Å². The molecule has 8 nitrogen and oxygen atoms in total. The zero-order valence-electron chi connectivity index (χ0n) is 17.6. The maximum Gasteiger partial charge on any atom is 0.237 e. The van der Waals surface area contributed by atoms with Crippen molar-refractivity contribution >= 4 is 23.4 Å². The van der Waals surface area contributed by atoms with Crippen molar-refractivity contribution in [2.45, 2.75) is 37.1 Å². The third kappa shape index (κ3) is 4.91. The van der Waals surface area contributed by atoms with Gasteiger partial charge in [0.1, 0.15) is 0 Å². The van der Waals surface area contributed by atoms with E-state index in [1.54, 1.807) is 37.1 Å². The van der Waals surface area contributed by atoms with Crippen LogP contribution in [0.1, 0.15) is 32.3 Å². The van der Waals surface area contributed by atoms with Gasteiger partial charge in [-0.1, -0.05) is 37.7 Å². The number of thioether (sulfide) groups is 1. The van der Waals surface area contributed by atoms with Gasteiger partial charge >= 0.3 is 0 Å². The number of nitrogens with one attached hydrogen (secondary N) is 1. The van der Waals surface area contributed by atoms with Crippen LogP contribution in [-0.4, -0.2) is 45.6 Å². The number of hydrogen-bond donors (Lipinski definition) is 1. The molecule has 0 saturated carbocycles. The smallest absolute Gasteiger partial charge is 0.237 e. The Balaban J connectivity index is 1.70. The average molecular weight is 428 g/mol. The summed E-state index contributed by atoms with van der Waals surface area (Å²) in [5.74, 6) is 1.42. The molecule has 0 aliphatic carbocycles. The number of nitrogens with zero attached hydrogens (tertiary/aromatic N) is 4. The molecule has 0 aliphatic heterocycles. The van der Waals surface area contributed by atoms with Crippen LogP contribution >= 0.6 is 11.8 Å². The predicted molar refractivity (Wildman–Crippen MR) is 117 cm³/mol. The maximum absolute atomic E-state index is 12.7. The Morgan fingerprint density at radius 2 is 1.73 bits per heavy atom. The van der Waals surface area contributed by atoms with Crippen LogP contribution < -0.4 is 14.8 Å². The van der Waals surface area contributed by atoms with E-state index in [-0.39, 0.29) is 5.91 Å². The lowest BCUT2D eigenvalue weighted by Gasteiger charge is -2.14. The molecule has 3 rings (SSSR count). The summed E-state index contributed by atoms with van der Waals surface area (Å²) < 4.78 is 12.1. The van der Waals surface area contributed by atoms with Gasteiger partial charge in [-0.3, -0.25) is 4.79 Å². The second kappa shape index (κ2) is 9.62. The van der Waals surface area contributed by atoms with Gasteiger partial charge in [0.25, 0.3) is 0 Å². The van der Waals surface area contributed by atoms with Crippen LogP contribution in [0.15, 0.2) is 47.6 Å². The SMILES string of the molecule is COc1ccc(NC(=O)C(C)Sc2nnnn2-c2ccc(C(C)C)cc2)cc1OC. The number of amides is 1. The maximum atomic E-state index is 12.7. The van der Waals surface area contributed by atoms with Crippen molar-refractivity contribution in [2.24, 2.45) is 0 Å². The third-order valence-corrected chi connectivity index (χ3v) is 5.58. The molecule has 3 aromatic rings. The molecule has 1 unspecified atom stereocenters. The lowest BCUT2D eigenvalue weighted by Crippen LogP contribution is -2.23. The summed E-state index contributed by atoms with van der Waals surface area (Å²) >= 11 is 1.29. The second-order valence-electron chi connectivity index (χ2n) is 6.94. The molecular weight excluding hydrogens is 402 g/mol. The van der Waals surface area contributed by atoms with Crippen LogP contribution in [-0.2, 0) is 4.79 Å². The number of hydrogen-bond acceptors (Lipinski definition) is 7. The Kier molecular flexibility index (Phi) is 6.94. The quantitative estimate of drug-likeness (QED) is 0.545. The van der Waals surface area contributed by atoms with Crippen molar-refractivity contribution < 1.29 is 14.3 Å². The molecule has 9 heteroatoms. The molecule has 1 atom stereocenters. The van der Waals surface area contributed by atoms with Gasteiger partial charge in [0.2, 0.25) is 11.1 Å². The summed E-state index contributed by atoms with van der Waals surface area (Å²) in [7, 11) is 3.12. The summed E-state index contributed by atoms with van der Waals surface area (Å²) in [6, 6.07) is 13.3. The van der Waals surface area contributed by atoms with Crippen molar-refractivity contribution in [1.29, 1.82) is 0 Å². The fourth-order valence-electron chi connectivity index (χ4n) is 2.78. The van der Waals surface area contributed by atoms with Crippen LogP contribution in [0.4, 0.5) is 5.69 Å². The number of anilines is 1. The van der Waals surface area contributed by atoms with Gasteiger partial charge in [-0.05, 0) is 53.1 Å². The lowest BCUT2D eigenvalue weighted by molar-refractivity contribution is -0.115. The number of benzene rings is 2. The zero-order chi connectivity index (χ0) is 21.7. The fraction of sp³-hybridized carbons (Fsp3) is 0.333. The zero-order valence-corrected chi connectivity index (χ0v) is 18.4. The Bertz CT molecular complexity index is 1000. The molecule has 1 aromatic heterocycles. The van der Waals surface area contributed by atoms with Crippen LogP contribution in [0, 0.1) is 0 Å². The van der Waals surface area contributed by atoms with Gasteiger partial charge in [-0.15, -0.1) is 5.10 Å². The number of rotatable bonds is 8. The first-order chi connectivity index (χ1) is 14.4. The molecular formula is C21H25N5O3S. The monoisotopic (exact) mass is 427 g/mol. The van der Waals surface area contributed by atoms with Crippen molar-refractivity contribution in [3.05, 3.63) is 48.0 Å². The molecule has 0 fully saturated rings. The number of aromatic nitrogens is 4. The van der Waals surface area contributed by atoms with E-state index in [2.05, 4.69) is 46.8 Å². The highest BCUT2D eigenvalue weighted by atomic mass is 32.2. The van der Waals surface area contributed by atoms with Crippen molar-refractivity contribution in [1.82, 2.24) is 20.2 Å². The van der Waals surface area contributed by atoms with Gasteiger partial charge < -0.3 is 14.8 Å². The molecule has 2 aromatic carbocycles. The van der Waals surface area contributed by atoms with E-state index in [0.29, 0.717) is 28.3 Å². The fourth-order valence-corrected chi connectivity index (χ4v) is 3.59. The predicted octanol–water partition coefficient (Wildman–Crippen LogP) is 3.92. The van der Waals surface area contributed by atoms with Gasteiger partial charge in [0.05, 0.1) is 25.2 Å². The topological polar surface area (TPSA) is 91.2 Å². The molecule has 30 heavy (non-hydrogen) atoms. The number of carbonyl (C=O) groups is 1. The Morgan fingerprint density at radius 3 is 2.37 bits per heavy atom. The average Bonchev–Trinajstić information content (AvgIpc) is 3.21. The second-order valence-corrected chi connectivity index (χ2v) is 8.25. The highest BCUT2D eigenvalue weighted by Crippen LogP contribution is 2.30. The Morgan fingerprint density at radius 1 is 1.03 bits per heavy atom. The van der Waals surface area contributed by atoms with Gasteiger partial charge in [-0.25, -0.2) is 0 Å². The highest BCUT2D eigenvalue weighted by molar-refractivity contribution is 8.00. The van der Waals surface area contributed by atoms with Gasteiger partial charge in [-0.2, -0.15) is 4.68 Å². The van der Waals surface area contributed by atoms with E-state index in [1.807, 2.05) is 19.1 Å². The normalized spacial score (nSPS) is 11.9. The molecule has 0 aliphatic rings. The number of tetrazole rings is 1. The minimum atomic E-state index is -0.419. The molecule has 0 bridgehead atoms. The highest BCUT2D eigenvalue weighted by Gasteiger charge is 2.20. The first kappa shape index (κ1) is 21.6. The van der Waals surface area contributed by atoms with Crippen molar-refractivity contribution in [3.8, 4) is 17.2 Å². The summed E-state index contributed by atoms with van der Waals surface area (Å²) in [4.78, 5) is 12.7. The molecule has 0 spiro atoms. The molecule has 1 N–H and O–H groups in total. The van der Waals surface area contributed by atoms with E-state index in [1.165, 1.54) is 17.3 Å². The number of ether oxygens (including phenoxy) is 2. The Hall–Kier alpha value is -3.07. The van der Waals surface area contributed by atoms with E-state index in [0.717, 1.165) is 5.69 Å². The standard InChI is InChI=1S/C21H25N5O3S/c1-13(2)15-6-9-17(10-7-15)26-21(23-24-25-26)30-14(3)20(27)22-16-8-11-18(28-4)19(12-16)29-5/h6-14H,1-5H3,(H,22,27). The van der Waals surface area contributed by atoms with Crippen molar-refractivity contribution in [3.63, 3.8) is 0 Å². The van der Waals surface area contributed by atoms with E-state index >= 15 is 0 Å². The summed E-state index contributed by atoms with van der Waals surface area (Å²) in [5.41, 5.74) is 2.71. The molecule has 158 valence electrons. The van der Waals surface area contributed by atoms with Crippen LogP contribution in [0.2, 0.25) is 0 Å². The van der Waals surface area contributed by atoms with Gasteiger partial charge in [0, 0.05) is 11.8 Å². The summed E-state index contributed by atoms with van der Waals surface area (Å²) in [6.45, 7) is 6.10. The van der Waals surface area contributed by atoms with Crippen LogP contribution in [0.25, 0.3) is 5.69 Å². The summed E-state index contributed by atoms with van der Waals surface area (Å²) in [6.07, 6.45) is 0. The van der Waals surface area contributed by atoms with E-state index in [4.69, 9.17) is 9.47 Å². The molecule has 1 amide bonds. The number of methoxy groups -OCH3 is 2.